The summed E-state index contributed by atoms with van der Waals surface area (Å²) in [6, 6.07) is 10.6. The van der Waals surface area contributed by atoms with Gasteiger partial charge >= 0.3 is 0 Å². The largest absolute Gasteiger partial charge is 0.330 e. The van der Waals surface area contributed by atoms with Crippen LogP contribution in [0.5, 0.6) is 0 Å². The van der Waals surface area contributed by atoms with E-state index in [0.29, 0.717) is 6.54 Å². The van der Waals surface area contributed by atoms with Gasteiger partial charge in [0.25, 0.3) is 0 Å². The molecule has 1 atom stereocenters. The van der Waals surface area contributed by atoms with E-state index in [-0.39, 0.29) is 5.92 Å². The molecule has 1 aliphatic rings. The van der Waals surface area contributed by atoms with Crippen molar-refractivity contribution in [1.82, 2.24) is 0 Å². The molecule has 0 amide bonds. The zero-order chi connectivity index (χ0) is 12.9. The molecule has 2 aromatic carbocycles. The summed E-state index contributed by atoms with van der Waals surface area (Å²) in [4.78, 5) is 0. The molecule has 0 aromatic heterocycles. The van der Waals surface area contributed by atoms with Crippen molar-refractivity contribution in [3.63, 3.8) is 0 Å². The molecular weight excluding hydrogens is 242 g/mol. The third-order valence-electron chi connectivity index (χ3n) is 3.79. The molecule has 3 rings (SSSR count). The van der Waals surface area contributed by atoms with Crippen LogP contribution in [0.3, 0.4) is 0 Å². The zero-order valence-corrected chi connectivity index (χ0v) is 11.4. The van der Waals surface area contributed by atoms with E-state index in [1.54, 1.807) is 0 Å². The molecule has 92 valence electrons. The molecule has 1 unspecified atom stereocenters. The van der Waals surface area contributed by atoms with Crippen LogP contribution >= 0.6 is 11.6 Å². The highest BCUT2D eigenvalue weighted by atomic mass is 35.5. The van der Waals surface area contributed by atoms with Crippen LogP contribution in [0.15, 0.2) is 30.3 Å². The summed E-state index contributed by atoms with van der Waals surface area (Å²) in [5.74, 6) is 0.286. The summed E-state index contributed by atoms with van der Waals surface area (Å²) < 4.78 is 0. The Bertz CT molecular complexity index is 631. The second-order valence-electron chi connectivity index (χ2n) is 5.06. The first-order valence-electron chi connectivity index (χ1n) is 6.23. The van der Waals surface area contributed by atoms with E-state index < -0.39 is 0 Å². The van der Waals surface area contributed by atoms with Gasteiger partial charge in [-0.3, -0.25) is 0 Å². The summed E-state index contributed by atoms with van der Waals surface area (Å²) in [5.41, 5.74) is 13.9. The average molecular weight is 258 g/mol. The molecule has 1 nitrogen and oxygen atoms in total. The predicted molar refractivity (Wildman–Crippen MR) is 77.3 cm³/mol. The predicted octanol–water partition coefficient (Wildman–Crippen LogP) is 4.03. The van der Waals surface area contributed by atoms with Crippen molar-refractivity contribution < 1.29 is 0 Å². The van der Waals surface area contributed by atoms with Crippen molar-refractivity contribution in [2.24, 2.45) is 5.73 Å². The Kier molecular flexibility index (Phi) is 2.69. The van der Waals surface area contributed by atoms with E-state index in [4.69, 9.17) is 17.3 Å². The fraction of sp³-hybridized carbons (Fsp3) is 0.250. The molecule has 18 heavy (non-hydrogen) atoms. The van der Waals surface area contributed by atoms with Crippen LogP contribution in [0.25, 0.3) is 11.1 Å². The molecule has 0 saturated heterocycles. The van der Waals surface area contributed by atoms with E-state index in [2.05, 4.69) is 38.1 Å². The number of nitrogens with two attached hydrogens (primary N) is 1. The van der Waals surface area contributed by atoms with Crippen LogP contribution in [0.2, 0.25) is 5.02 Å². The van der Waals surface area contributed by atoms with E-state index in [9.17, 15) is 0 Å². The maximum Gasteiger partial charge on any atom is 0.0409 e. The van der Waals surface area contributed by atoms with Crippen LogP contribution < -0.4 is 5.73 Å². The fourth-order valence-electron chi connectivity index (χ4n) is 3.13. The minimum atomic E-state index is 0.286. The summed E-state index contributed by atoms with van der Waals surface area (Å²) in [6.07, 6.45) is 0. The highest BCUT2D eigenvalue weighted by molar-refractivity contribution is 6.30. The molecule has 0 aliphatic heterocycles. The van der Waals surface area contributed by atoms with E-state index in [1.165, 1.54) is 33.4 Å². The van der Waals surface area contributed by atoms with Gasteiger partial charge in [-0.1, -0.05) is 35.4 Å². The smallest absolute Gasteiger partial charge is 0.0409 e. The Hall–Kier alpha value is -1.31. The first-order valence-corrected chi connectivity index (χ1v) is 6.60. The van der Waals surface area contributed by atoms with Gasteiger partial charge in [0.15, 0.2) is 0 Å². The molecule has 2 N–H and O–H groups in total. The van der Waals surface area contributed by atoms with Gasteiger partial charge in [0, 0.05) is 17.5 Å². The third kappa shape index (κ3) is 1.58. The van der Waals surface area contributed by atoms with E-state index >= 15 is 0 Å². The highest BCUT2D eigenvalue weighted by Gasteiger charge is 2.29. The monoisotopic (exact) mass is 257 g/mol. The van der Waals surface area contributed by atoms with Crippen LogP contribution in [0, 0.1) is 13.8 Å². The van der Waals surface area contributed by atoms with Gasteiger partial charge in [-0.05, 0) is 53.8 Å². The Morgan fingerprint density at radius 2 is 1.89 bits per heavy atom. The highest BCUT2D eigenvalue weighted by Crippen LogP contribution is 2.46. The molecule has 0 heterocycles. The molecule has 0 bridgehead atoms. The number of fused-ring (bicyclic) bond motifs is 3. The first-order chi connectivity index (χ1) is 8.61. The van der Waals surface area contributed by atoms with Gasteiger partial charge < -0.3 is 5.73 Å². The lowest BCUT2D eigenvalue weighted by Crippen LogP contribution is -2.12. The Labute approximate surface area is 113 Å². The lowest BCUT2D eigenvalue weighted by molar-refractivity contribution is 0.834. The van der Waals surface area contributed by atoms with E-state index in [1.807, 2.05) is 6.07 Å². The van der Waals surface area contributed by atoms with Gasteiger partial charge in [0.1, 0.15) is 0 Å². The summed E-state index contributed by atoms with van der Waals surface area (Å²) in [7, 11) is 0. The number of hydrogen-bond acceptors (Lipinski definition) is 1. The second-order valence-corrected chi connectivity index (χ2v) is 5.50. The number of halogens is 1. The summed E-state index contributed by atoms with van der Waals surface area (Å²) in [5, 5.41) is 0.786. The Balaban J connectivity index is 2.34. The number of benzene rings is 2. The van der Waals surface area contributed by atoms with Crippen molar-refractivity contribution in [3.8, 4) is 11.1 Å². The van der Waals surface area contributed by atoms with Gasteiger partial charge in [-0.25, -0.2) is 0 Å². The molecule has 1 aliphatic carbocycles. The molecule has 0 spiro atoms. The quantitative estimate of drug-likeness (QED) is 0.820. The fourth-order valence-corrected chi connectivity index (χ4v) is 3.31. The van der Waals surface area contributed by atoms with Crippen LogP contribution in [0.4, 0.5) is 0 Å². The summed E-state index contributed by atoms with van der Waals surface area (Å²) >= 11 is 6.12. The number of rotatable bonds is 1. The van der Waals surface area contributed by atoms with Crippen LogP contribution in [-0.2, 0) is 0 Å². The van der Waals surface area contributed by atoms with Crippen LogP contribution in [0.1, 0.15) is 28.2 Å². The minimum Gasteiger partial charge on any atom is -0.330 e. The lowest BCUT2D eigenvalue weighted by Gasteiger charge is -2.13. The Morgan fingerprint density at radius 1 is 1.11 bits per heavy atom. The van der Waals surface area contributed by atoms with Crippen molar-refractivity contribution in [1.29, 1.82) is 0 Å². The van der Waals surface area contributed by atoms with Crippen molar-refractivity contribution in [2.45, 2.75) is 19.8 Å². The van der Waals surface area contributed by atoms with Gasteiger partial charge in [0.05, 0.1) is 0 Å². The molecular formula is C16H16ClN. The normalized spacial score (nSPS) is 16.6. The lowest BCUT2D eigenvalue weighted by atomic mass is 9.92. The van der Waals surface area contributed by atoms with Gasteiger partial charge in [-0.15, -0.1) is 0 Å². The molecule has 2 heteroatoms. The molecule has 0 radical (unpaired) electrons. The second kappa shape index (κ2) is 4.11. The maximum atomic E-state index is 6.12. The SMILES string of the molecule is Cc1cc(C)c2c(c1)-c1ccc(Cl)cc1C2CN. The third-order valence-corrected chi connectivity index (χ3v) is 4.03. The minimum absolute atomic E-state index is 0.286. The number of aryl methyl sites for hydroxylation is 2. The first kappa shape index (κ1) is 11.8. The average Bonchev–Trinajstić information content (AvgIpc) is 2.62. The molecule has 2 aromatic rings. The van der Waals surface area contributed by atoms with Gasteiger partial charge in [-0.2, -0.15) is 0 Å². The standard InChI is InChI=1S/C16H16ClN/c1-9-5-10(2)16-14(6-9)12-4-3-11(17)7-13(12)15(16)8-18/h3-7,15H,8,18H2,1-2H3. The van der Waals surface area contributed by atoms with Crippen molar-refractivity contribution >= 4 is 11.6 Å². The van der Waals surface area contributed by atoms with Crippen LogP contribution in [-0.4, -0.2) is 6.54 Å². The molecule has 0 saturated carbocycles. The molecule has 0 fully saturated rings. The maximum absolute atomic E-state index is 6.12. The topological polar surface area (TPSA) is 26.0 Å². The Morgan fingerprint density at radius 3 is 2.61 bits per heavy atom. The van der Waals surface area contributed by atoms with Crippen molar-refractivity contribution in [3.05, 3.63) is 57.6 Å². The van der Waals surface area contributed by atoms with E-state index in [0.717, 1.165) is 5.02 Å². The zero-order valence-electron chi connectivity index (χ0n) is 10.6. The van der Waals surface area contributed by atoms with Crippen molar-refractivity contribution in [2.75, 3.05) is 6.54 Å². The van der Waals surface area contributed by atoms with Gasteiger partial charge in [0.2, 0.25) is 0 Å². The summed E-state index contributed by atoms with van der Waals surface area (Å²) in [6.45, 7) is 4.94. The number of hydrogen-bond donors (Lipinski definition) is 1.